The standard InChI is InChI=1S/C22H26ClN3O2/c1-3-15(2)24-22(28)19-14-18(9-10-20(19)26-11-4-5-12-26)25-21(27)16-7-6-8-17(23)13-16/h6-10,13-15H,3-5,11-12H2,1-2H3,(H,24,28)(H,25,27). The van der Waals surface area contributed by atoms with Gasteiger partial charge in [0.2, 0.25) is 0 Å². The molecule has 1 unspecified atom stereocenters. The number of hydrogen-bond donors (Lipinski definition) is 2. The molecule has 2 aromatic rings. The van der Waals surface area contributed by atoms with E-state index >= 15 is 0 Å². The fourth-order valence-corrected chi connectivity index (χ4v) is 3.46. The molecule has 2 aromatic carbocycles. The number of nitrogens with zero attached hydrogens (tertiary/aromatic N) is 1. The quantitative estimate of drug-likeness (QED) is 0.738. The number of carbonyl (C=O) groups excluding carboxylic acids is 2. The minimum absolute atomic E-state index is 0.0867. The molecule has 5 nitrogen and oxygen atoms in total. The van der Waals surface area contributed by atoms with Crippen LogP contribution in [0.3, 0.4) is 0 Å². The zero-order valence-electron chi connectivity index (χ0n) is 16.3. The van der Waals surface area contributed by atoms with Gasteiger partial charge in [-0.25, -0.2) is 0 Å². The van der Waals surface area contributed by atoms with E-state index in [2.05, 4.69) is 15.5 Å². The number of halogens is 1. The summed E-state index contributed by atoms with van der Waals surface area (Å²) in [6, 6.07) is 12.4. The summed E-state index contributed by atoms with van der Waals surface area (Å²) < 4.78 is 0. The number of nitrogens with one attached hydrogen (secondary N) is 2. The average molecular weight is 400 g/mol. The third-order valence-electron chi connectivity index (χ3n) is 5.02. The van der Waals surface area contributed by atoms with Crippen LogP contribution in [0.1, 0.15) is 53.8 Å². The lowest BCUT2D eigenvalue weighted by Gasteiger charge is -2.23. The Bertz CT molecular complexity index is 863. The lowest BCUT2D eigenvalue weighted by molar-refractivity contribution is 0.0938. The SMILES string of the molecule is CCC(C)NC(=O)c1cc(NC(=O)c2cccc(Cl)c2)ccc1N1CCCC1. The van der Waals surface area contributed by atoms with Crippen molar-refractivity contribution in [1.82, 2.24) is 5.32 Å². The van der Waals surface area contributed by atoms with Gasteiger partial charge in [-0.3, -0.25) is 9.59 Å². The van der Waals surface area contributed by atoms with Gasteiger partial charge in [0.25, 0.3) is 11.8 Å². The molecular weight excluding hydrogens is 374 g/mol. The summed E-state index contributed by atoms with van der Waals surface area (Å²) in [5, 5.41) is 6.41. The number of rotatable bonds is 6. The normalized spacial score (nSPS) is 14.6. The van der Waals surface area contributed by atoms with Crippen molar-refractivity contribution in [3.05, 3.63) is 58.6 Å². The maximum absolute atomic E-state index is 12.9. The lowest BCUT2D eigenvalue weighted by atomic mass is 10.1. The molecule has 2 N–H and O–H groups in total. The van der Waals surface area contributed by atoms with E-state index in [1.54, 1.807) is 30.3 Å². The molecule has 0 saturated carbocycles. The molecule has 3 rings (SSSR count). The Balaban J connectivity index is 1.87. The highest BCUT2D eigenvalue weighted by Crippen LogP contribution is 2.28. The zero-order valence-corrected chi connectivity index (χ0v) is 17.1. The second kappa shape index (κ2) is 9.11. The van der Waals surface area contributed by atoms with Crippen molar-refractivity contribution in [3.63, 3.8) is 0 Å². The van der Waals surface area contributed by atoms with E-state index in [0.29, 0.717) is 21.8 Å². The van der Waals surface area contributed by atoms with Gasteiger partial charge in [-0.15, -0.1) is 0 Å². The van der Waals surface area contributed by atoms with Gasteiger partial charge in [-0.1, -0.05) is 24.6 Å². The lowest BCUT2D eigenvalue weighted by Crippen LogP contribution is -2.33. The Labute approximate surface area is 171 Å². The van der Waals surface area contributed by atoms with E-state index in [9.17, 15) is 9.59 Å². The maximum Gasteiger partial charge on any atom is 0.255 e. The topological polar surface area (TPSA) is 61.4 Å². The summed E-state index contributed by atoms with van der Waals surface area (Å²) >= 11 is 5.98. The Morgan fingerprint density at radius 3 is 2.54 bits per heavy atom. The summed E-state index contributed by atoms with van der Waals surface area (Å²) in [7, 11) is 0. The van der Waals surface area contributed by atoms with Gasteiger partial charge in [0, 0.05) is 41.1 Å². The second-order valence-electron chi connectivity index (χ2n) is 7.17. The summed E-state index contributed by atoms with van der Waals surface area (Å²) in [5.74, 6) is -0.375. The Hall–Kier alpha value is -2.53. The van der Waals surface area contributed by atoms with Gasteiger partial charge in [0.15, 0.2) is 0 Å². The Kier molecular flexibility index (Phi) is 6.57. The van der Waals surface area contributed by atoms with Gasteiger partial charge in [-0.2, -0.15) is 0 Å². The largest absolute Gasteiger partial charge is 0.371 e. The maximum atomic E-state index is 12.9. The van der Waals surface area contributed by atoms with Crippen LogP contribution in [-0.2, 0) is 0 Å². The average Bonchev–Trinajstić information content (AvgIpc) is 3.22. The third-order valence-corrected chi connectivity index (χ3v) is 5.26. The van der Waals surface area contributed by atoms with E-state index in [0.717, 1.165) is 38.0 Å². The van der Waals surface area contributed by atoms with Crippen LogP contribution in [0.15, 0.2) is 42.5 Å². The number of hydrogen-bond acceptors (Lipinski definition) is 3. The number of anilines is 2. The van der Waals surface area contributed by atoms with E-state index in [1.165, 1.54) is 0 Å². The van der Waals surface area contributed by atoms with Crippen LogP contribution in [-0.4, -0.2) is 30.9 Å². The van der Waals surface area contributed by atoms with Crippen LogP contribution >= 0.6 is 11.6 Å². The number of benzene rings is 2. The summed E-state index contributed by atoms with van der Waals surface area (Å²) in [4.78, 5) is 27.6. The third kappa shape index (κ3) is 4.84. The smallest absolute Gasteiger partial charge is 0.255 e. The molecule has 1 aliphatic rings. The first-order chi connectivity index (χ1) is 13.5. The molecule has 0 spiro atoms. The first kappa shape index (κ1) is 20.2. The van der Waals surface area contributed by atoms with E-state index < -0.39 is 0 Å². The monoisotopic (exact) mass is 399 g/mol. The molecule has 2 amide bonds. The predicted octanol–water partition coefficient (Wildman–Crippen LogP) is 4.72. The van der Waals surface area contributed by atoms with Crippen LogP contribution in [0.2, 0.25) is 5.02 Å². The van der Waals surface area contributed by atoms with Gasteiger partial charge >= 0.3 is 0 Å². The van der Waals surface area contributed by atoms with Crippen molar-refractivity contribution in [1.29, 1.82) is 0 Å². The molecule has 1 atom stereocenters. The Morgan fingerprint density at radius 1 is 1.11 bits per heavy atom. The molecule has 28 heavy (non-hydrogen) atoms. The molecule has 6 heteroatoms. The molecule has 0 aromatic heterocycles. The van der Waals surface area contributed by atoms with Crippen molar-refractivity contribution >= 4 is 34.8 Å². The van der Waals surface area contributed by atoms with Crippen molar-refractivity contribution in [2.24, 2.45) is 0 Å². The highest BCUT2D eigenvalue weighted by molar-refractivity contribution is 6.31. The molecule has 0 aliphatic carbocycles. The first-order valence-electron chi connectivity index (χ1n) is 9.74. The zero-order chi connectivity index (χ0) is 20.1. The fraction of sp³-hybridized carbons (Fsp3) is 0.364. The number of carbonyl (C=O) groups is 2. The van der Waals surface area contributed by atoms with Crippen molar-refractivity contribution in [2.45, 2.75) is 39.2 Å². The van der Waals surface area contributed by atoms with Gasteiger partial charge in [0.05, 0.1) is 5.56 Å². The predicted molar refractivity (Wildman–Crippen MR) is 115 cm³/mol. The van der Waals surface area contributed by atoms with Gasteiger partial charge in [-0.05, 0) is 62.6 Å². The van der Waals surface area contributed by atoms with Crippen LogP contribution in [0, 0.1) is 0 Å². The molecule has 1 aliphatic heterocycles. The molecule has 148 valence electrons. The van der Waals surface area contributed by atoms with Crippen LogP contribution in [0.25, 0.3) is 0 Å². The highest BCUT2D eigenvalue weighted by atomic mass is 35.5. The van der Waals surface area contributed by atoms with E-state index in [4.69, 9.17) is 11.6 Å². The summed E-state index contributed by atoms with van der Waals surface area (Å²) in [6.07, 6.45) is 3.11. The minimum atomic E-state index is -0.260. The Morgan fingerprint density at radius 2 is 1.86 bits per heavy atom. The molecule has 0 radical (unpaired) electrons. The van der Waals surface area contributed by atoms with Gasteiger partial charge < -0.3 is 15.5 Å². The first-order valence-corrected chi connectivity index (χ1v) is 10.1. The van der Waals surface area contributed by atoms with Crippen LogP contribution < -0.4 is 15.5 Å². The van der Waals surface area contributed by atoms with E-state index in [-0.39, 0.29) is 17.9 Å². The minimum Gasteiger partial charge on any atom is -0.371 e. The highest BCUT2D eigenvalue weighted by Gasteiger charge is 2.21. The molecular formula is C22H26ClN3O2. The summed E-state index contributed by atoms with van der Waals surface area (Å²) in [6.45, 7) is 5.90. The molecule has 1 heterocycles. The number of amides is 2. The molecule has 1 fully saturated rings. The summed E-state index contributed by atoms with van der Waals surface area (Å²) in [5.41, 5.74) is 2.56. The van der Waals surface area contributed by atoms with Crippen molar-refractivity contribution in [2.75, 3.05) is 23.3 Å². The molecule has 1 saturated heterocycles. The second-order valence-corrected chi connectivity index (χ2v) is 7.61. The van der Waals surface area contributed by atoms with Crippen LogP contribution in [0.5, 0.6) is 0 Å². The van der Waals surface area contributed by atoms with Crippen LogP contribution in [0.4, 0.5) is 11.4 Å². The van der Waals surface area contributed by atoms with Gasteiger partial charge in [0.1, 0.15) is 0 Å². The van der Waals surface area contributed by atoms with E-state index in [1.807, 2.05) is 26.0 Å². The fourth-order valence-electron chi connectivity index (χ4n) is 3.27. The molecule has 0 bridgehead atoms. The van der Waals surface area contributed by atoms with Crippen molar-refractivity contribution in [3.8, 4) is 0 Å². The van der Waals surface area contributed by atoms with Crippen molar-refractivity contribution < 1.29 is 9.59 Å².